The normalized spacial score (nSPS) is 17.0. The van der Waals surface area contributed by atoms with Crippen molar-refractivity contribution >= 4 is 43.5 Å². The van der Waals surface area contributed by atoms with Crippen molar-refractivity contribution in [2.45, 2.75) is 104 Å². The molecule has 0 N–H and O–H groups in total. The molecule has 0 fully saturated rings. The predicted octanol–water partition coefficient (Wildman–Crippen LogP) is 7.80. The summed E-state index contributed by atoms with van der Waals surface area (Å²) in [6, 6.07) is 10.8. The summed E-state index contributed by atoms with van der Waals surface area (Å²) in [4.78, 5) is 40.7. The minimum Gasteiger partial charge on any atom is -0.493 e. The van der Waals surface area contributed by atoms with Crippen molar-refractivity contribution in [3.8, 4) is 11.5 Å². The summed E-state index contributed by atoms with van der Waals surface area (Å²) in [6.45, 7) is 18.0. The number of fused-ring (bicyclic) bond motifs is 1. The minimum atomic E-state index is -2.55. The van der Waals surface area contributed by atoms with E-state index >= 15 is 4.79 Å². The standard InChI is InChI=1S/C39H54ClN3O10Si/c1-12-49-33(45)19-18-32-41-42-36(52-32)30(53-54(10,11)38(3,4)5)21-31-37(46)43(22-39(6,7)23-50-24(2)44)28-17-16-25(40)20-27(28)34(51-31)26-14-13-15-29(47-8)35(26)48-9/h13-17,20,30-31,34H,12,18-19,21-23H2,1-11H3/t30?,31-,34-/m1/s1. The number of amides is 1. The number of aromatic nitrogens is 2. The van der Waals surface area contributed by atoms with E-state index in [9.17, 15) is 9.59 Å². The molecule has 3 aromatic rings. The van der Waals surface area contributed by atoms with Crippen LogP contribution in [-0.4, -0.2) is 76.4 Å². The van der Waals surface area contributed by atoms with E-state index in [0.29, 0.717) is 33.3 Å². The maximum Gasteiger partial charge on any atom is 0.306 e. The van der Waals surface area contributed by atoms with Crippen LogP contribution in [0, 0.1) is 5.41 Å². The van der Waals surface area contributed by atoms with E-state index in [2.05, 4.69) is 44.1 Å². The van der Waals surface area contributed by atoms with E-state index in [-0.39, 0.29) is 67.7 Å². The van der Waals surface area contributed by atoms with Gasteiger partial charge in [0.25, 0.3) is 5.91 Å². The fourth-order valence-corrected chi connectivity index (χ4v) is 7.33. The first kappa shape index (κ1) is 42.8. The van der Waals surface area contributed by atoms with Crippen LogP contribution in [0.3, 0.4) is 0 Å². The maximum atomic E-state index is 15.1. The van der Waals surface area contributed by atoms with Crippen molar-refractivity contribution in [3.63, 3.8) is 0 Å². The summed E-state index contributed by atoms with van der Waals surface area (Å²) in [5.74, 6) is 0.165. The van der Waals surface area contributed by atoms with Crippen LogP contribution >= 0.6 is 11.6 Å². The van der Waals surface area contributed by atoms with E-state index in [1.807, 2.05) is 26.0 Å². The highest BCUT2D eigenvalue weighted by Crippen LogP contribution is 2.47. The number of halogens is 1. The molecule has 3 atom stereocenters. The molecule has 1 aliphatic heterocycles. The van der Waals surface area contributed by atoms with Gasteiger partial charge in [-0.3, -0.25) is 14.4 Å². The molecular formula is C39H54ClN3O10Si. The third kappa shape index (κ3) is 10.4. The number of rotatable bonds is 16. The fourth-order valence-electron chi connectivity index (χ4n) is 5.88. The molecule has 0 spiro atoms. The van der Waals surface area contributed by atoms with Gasteiger partial charge in [-0.2, -0.15) is 0 Å². The quantitative estimate of drug-likeness (QED) is 0.103. The number of nitrogens with zero attached hydrogens (tertiary/aromatic N) is 3. The van der Waals surface area contributed by atoms with E-state index in [4.69, 9.17) is 44.1 Å². The SMILES string of the molecule is CCOC(=O)CCc1nnc(C(C[C@H]2O[C@H](c3cccc(OC)c3OC)c3cc(Cl)ccc3N(CC(C)(C)COC(C)=O)C2=O)O[Si](C)(C)C(C)(C)C)o1. The van der Waals surface area contributed by atoms with Gasteiger partial charge < -0.3 is 37.4 Å². The Balaban J connectivity index is 1.88. The number of para-hydroxylation sites is 1. The summed E-state index contributed by atoms with van der Waals surface area (Å²) in [6.07, 6.45) is -2.62. The highest BCUT2D eigenvalue weighted by atomic mass is 35.5. The number of benzene rings is 2. The Kier molecular flexibility index (Phi) is 14.0. The predicted molar refractivity (Wildman–Crippen MR) is 205 cm³/mol. The zero-order chi connectivity index (χ0) is 40.0. The van der Waals surface area contributed by atoms with Crippen LogP contribution < -0.4 is 14.4 Å². The van der Waals surface area contributed by atoms with E-state index < -0.39 is 38.0 Å². The van der Waals surface area contributed by atoms with Gasteiger partial charge in [-0.15, -0.1) is 10.2 Å². The molecular weight excluding hydrogens is 734 g/mol. The van der Waals surface area contributed by atoms with Gasteiger partial charge in [0.1, 0.15) is 18.3 Å². The van der Waals surface area contributed by atoms with Crippen LogP contribution in [0.1, 0.15) is 96.4 Å². The topological polar surface area (TPSA) is 149 Å². The van der Waals surface area contributed by atoms with Crippen molar-refractivity contribution in [2.75, 3.05) is 38.9 Å². The largest absolute Gasteiger partial charge is 0.493 e. The summed E-state index contributed by atoms with van der Waals surface area (Å²) < 4.78 is 42.1. The molecule has 1 aliphatic rings. The zero-order valence-electron chi connectivity index (χ0n) is 33.2. The first-order valence-electron chi connectivity index (χ1n) is 18.1. The number of hydrogen-bond acceptors (Lipinski definition) is 12. The number of carbonyl (C=O) groups is 3. The van der Waals surface area contributed by atoms with Crippen molar-refractivity contribution in [3.05, 3.63) is 64.3 Å². The lowest BCUT2D eigenvalue weighted by molar-refractivity contribution is -0.144. The molecule has 2 heterocycles. The van der Waals surface area contributed by atoms with E-state index in [1.165, 1.54) is 6.92 Å². The number of ether oxygens (including phenoxy) is 5. The highest BCUT2D eigenvalue weighted by Gasteiger charge is 2.45. The first-order valence-corrected chi connectivity index (χ1v) is 21.4. The van der Waals surface area contributed by atoms with Crippen LogP contribution in [0.2, 0.25) is 23.2 Å². The van der Waals surface area contributed by atoms with Crippen molar-refractivity contribution in [1.29, 1.82) is 0 Å². The van der Waals surface area contributed by atoms with E-state index in [0.717, 1.165) is 0 Å². The number of carbonyl (C=O) groups excluding carboxylic acids is 3. The zero-order valence-corrected chi connectivity index (χ0v) is 35.0. The van der Waals surface area contributed by atoms with Gasteiger partial charge in [-0.05, 0) is 49.3 Å². The molecule has 4 rings (SSSR count). The third-order valence-electron chi connectivity index (χ3n) is 9.65. The molecule has 2 aromatic carbocycles. The molecule has 0 bridgehead atoms. The second kappa shape index (κ2) is 17.7. The van der Waals surface area contributed by atoms with Crippen molar-refractivity contribution < 1.29 is 46.9 Å². The molecule has 13 nitrogen and oxygen atoms in total. The Hall–Kier alpha value is -3.98. The van der Waals surface area contributed by atoms with Gasteiger partial charge in [-0.25, -0.2) is 0 Å². The monoisotopic (exact) mass is 787 g/mol. The molecule has 1 amide bonds. The van der Waals surface area contributed by atoms with Crippen LogP contribution in [-0.2, 0) is 39.4 Å². The lowest BCUT2D eigenvalue weighted by atomic mass is 9.92. The molecule has 15 heteroatoms. The lowest BCUT2D eigenvalue weighted by Crippen LogP contribution is -2.47. The van der Waals surface area contributed by atoms with Gasteiger partial charge in [0.05, 0.1) is 33.9 Å². The minimum absolute atomic E-state index is 0.00374. The van der Waals surface area contributed by atoms with Crippen LogP contribution in [0.4, 0.5) is 5.69 Å². The molecule has 1 unspecified atom stereocenters. The third-order valence-corrected chi connectivity index (χ3v) is 14.4. The maximum absolute atomic E-state index is 15.1. The van der Waals surface area contributed by atoms with Crippen LogP contribution in [0.5, 0.6) is 11.5 Å². The smallest absolute Gasteiger partial charge is 0.306 e. The molecule has 0 saturated carbocycles. The fraction of sp³-hybridized carbons (Fsp3) is 0.564. The molecule has 0 saturated heterocycles. The van der Waals surface area contributed by atoms with Crippen molar-refractivity contribution in [1.82, 2.24) is 10.2 Å². The Morgan fingerprint density at radius 2 is 1.74 bits per heavy atom. The molecule has 54 heavy (non-hydrogen) atoms. The van der Waals surface area contributed by atoms with Crippen LogP contribution in [0.25, 0.3) is 0 Å². The number of aryl methyl sites for hydroxylation is 1. The number of methoxy groups -OCH3 is 2. The van der Waals surface area contributed by atoms with Gasteiger partial charge in [-0.1, -0.05) is 58.4 Å². The second-order valence-electron chi connectivity index (χ2n) is 15.6. The molecule has 0 aliphatic carbocycles. The first-order chi connectivity index (χ1) is 25.3. The Morgan fingerprint density at radius 1 is 1.02 bits per heavy atom. The average molecular weight is 788 g/mol. The lowest BCUT2D eigenvalue weighted by Gasteiger charge is -2.39. The molecule has 296 valence electrons. The number of hydrogen-bond donors (Lipinski definition) is 0. The van der Waals surface area contributed by atoms with Crippen LogP contribution in [0.15, 0.2) is 40.8 Å². The summed E-state index contributed by atoms with van der Waals surface area (Å²) in [7, 11) is 0.544. The average Bonchev–Trinajstić information content (AvgIpc) is 3.55. The molecule has 0 radical (unpaired) electrons. The molecule has 1 aromatic heterocycles. The van der Waals surface area contributed by atoms with Gasteiger partial charge >= 0.3 is 11.9 Å². The summed E-state index contributed by atoms with van der Waals surface area (Å²) in [5, 5.41) is 8.81. The summed E-state index contributed by atoms with van der Waals surface area (Å²) in [5.41, 5.74) is 1.13. The van der Waals surface area contributed by atoms with Gasteiger partial charge in [0.2, 0.25) is 11.8 Å². The Bertz CT molecular complexity index is 1790. The van der Waals surface area contributed by atoms with Gasteiger partial charge in [0, 0.05) is 53.6 Å². The Morgan fingerprint density at radius 3 is 2.37 bits per heavy atom. The van der Waals surface area contributed by atoms with Crippen molar-refractivity contribution in [2.24, 2.45) is 5.41 Å². The van der Waals surface area contributed by atoms with Gasteiger partial charge in [0.15, 0.2) is 19.8 Å². The van der Waals surface area contributed by atoms with E-state index in [1.54, 1.807) is 50.3 Å². The summed E-state index contributed by atoms with van der Waals surface area (Å²) >= 11 is 6.65. The highest BCUT2D eigenvalue weighted by molar-refractivity contribution is 6.74. The number of esters is 2. The second-order valence-corrected chi connectivity index (χ2v) is 20.8. The Labute approximate surface area is 324 Å². The number of anilines is 1.